The van der Waals surface area contributed by atoms with Crippen molar-refractivity contribution in [2.75, 3.05) is 13.7 Å². The van der Waals surface area contributed by atoms with Gasteiger partial charge in [-0.15, -0.1) is 0 Å². The molecule has 1 fully saturated rings. The summed E-state index contributed by atoms with van der Waals surface area (Å²) in [6.07, 6.45) is -17.9. The largest absolute Gasteiger partial charge is 0.496 e. The normalized spacial score (nSPS) is 16.2. The topological polar surface area (TPSA) is 38.8 Å². The van der Waals surface area contributed by atoms with Crippen LogP contribution < -0.4 is 4.74 Å². The van der Waals surface area contributed by atoms with E-state index in [0.29, 0.717) is 12.1 Å². The Morgan fingerprint density at radius 2 is 1.47 bits per heavy atom. The van der Waals surface area contributed by atoms with Crippen molar-refractivity contribution in [3.05, 3.63) is 87.7 Å². The number of halogens is 10. The first-order valence-corrected chi connectivity index (χ1v) is 12.6. The van der Waals surface area contributed by atoms with Crippen LogP contribution in [0.4, 0.5) is 48.7 Å². The zero-order valence-electron chi connectivity index (χ0n) is 22.6. The molecule has 14 heteroatoms. The first-order valence-electron chi connectivity index (χ1n) is 12.6. The third-order valence-electron chi connectivity index (χ3n) is 6.89. The number of amides is 1. The van der Waals surface area contributed by atoms with Crippen LogP contribution in [-0.2, 0) is 29.8 Å². The van der Waals surface area contributed by atoms with E-state index in [-0.39, 0.29) is 34.1 Å². The van der Waals surface area contributed by atoms with Crippen molar-refractivity contribution in [3.8, 4) is 16.9 Å². The number of cyclic esters (lactones) is 1. The van der Waals surface area contributed by atoms with Gasteiger partial charge in [0.25, 0.3) is 0 Å². The van der Waals surface area contributed by atoms with Crippen LogP contribution in [0.15, 0.2) is 48.5 Å². The fraction of sp³-hybridized carbons (Fsp3) is 0.345. The highest BCUT2D eigenvalue weighted by atomic mass is 19.4. The van der Waals surface area contributed by atoms with Crippen molar-refractivity contribution in [1.29, 1.82) is 0 Å². The van der Waals surface area contributed by atoms with Gasteiger partial charge >= 0.3 is 24.6 Å². The Bertz CT molecular complexity index is 1490. The van der Waals surface area contributed by atoms with Gasteiger partial charge in [0.1, 0.15) is 17.7 Å². The standard InChI is InChI=1S/C29H23F10NO3/c1-14(2)21-11-22(20-5-4-19(30)10-24(20)42-3)16(8-23(21)29(37,38)39)12-40-13-25(43-26(40)41)15-6-17(27(31,32)33)9-18(7-15)28(34,35)36/h4-11,14,25H,12-13H2,1-3H3. The predicted octanol–water partition coefficient (Wildman–Crippen LogP) is 9.37. The van der Waals surface area contributed by atoms with E-state index in [1.54, 1.807) is 0 Å². The van der Waals surface area contributed by atoms with Gasteiger partial charge in [0.05, 0.1) is 30.3 Å². The lowest BCUT2D eigenvalue weighted by molar-refractivity contribution is -0.143. The number of hydrogen-bond acceptors (Lipinski definition) is 3. The molecule has 0 spiro atoms. The summed E-state index contributed by atoms with van der Waals surface area (Å²) in [5.74, 6) is -1.34. The molecule has 3 aromatic carbocycles. The molecule has 1 unspecified atom stereocenters. The molecule has 0 bridgehead atoms. The quantitative estimate of drug-likeness (QED) is 0.257. The van der Waals surface area contributed by atoms with Crippen LogP contribution in [0.5, 0.6) is 5.75 Å². The first kappa shape index (κ1) is 32.0. The van der Waals surface area contributed by atoms with Crippen LogP contribution in [0, 0.1) is 5.82 Å². The molecule has 4 nitrogen and oxygen atoms in total. The number of hydrogen-bond donors (Lipinski definition) is 0. The van der Waals surface area contributed by atoms with Crippen LogP contribution in [-0.4, -0.2) is 24.6 Å². The van der Waals surface area contributed by atoms with Crippen LogP contribution in [0.3, 0.4) is 0 Å². The Morgan fingerprint density at radius 3 is 1.98 bits per heavy atom. The second-order valence-electron chi connectivity index (χ2n) is 10.2. The molecule has 3 aromatic rings. The first-order chi connectivity index (χ1) is 19.8. The molecule has 4 rings (SSSR count). The summed E-state index contributed by atoms with van der Waals surface area (Å²) in [5.41, 5.74) is -4.71. The zero-order chi connectivity index (χ0) is 32.1. The van der Waals surface area contributed by atoms with Gasteiger partial charge in [-0.2, -0.15) is 39.5 Å². The molecule has 1 aliphatic rings. The van der Waals surface area contributed by atoms with Crippen molar-refractivity contribution in [2.24, 2.45) is 0 Å². The van der Waals surface area contributed by atoms with Gasteiger partial charge in [-0.3, -0.25) is 4.90 Å². The lowest BCUT2D eigenvalue weighted by Crippen LogP contribution is -2.25. The second kappa shape index (κ2) is 11.3. The van der Waals surface area contributed by atoms with Gasteiger partial charge in [-0.1, -0.05) is 13.8 Å². The third kappa shape index (κ3) is 6.83. The van der Waals surface area contributed by atoms with E-state index in [1.165, 1.54) is 33.1 Å². The van der Waals surface area contributed by atoms with Crippen molar-refractivity contribution in [1.82, 2.24) is 4.90 Å². The van der Waals surface area contributed by atoms with Crippen LogP contribution in [0.2, 0.25) is 0 Å². The predicted molar refractivity (Wildman–Crippen MR) is 134 cm³/mol. The van der Waals surface area contributed by atoms with E-state index >= 15 is 0 Å². The van der Waals surface area contributed by atoms with Crippen LogP contribution >= 0.6 is 0 Å². The van der Waals surface area contributed by atoms with Crippen LogP contribution in [0.1, 0.15) is 59.3 Å². The molecule has 1 heterocycles. The Morgan fingerprint density at radius 1 is 0.860 bits per heavy atom. The highest BCUT2D eigenvalue weighted by Gasteiger charge is 2.41. The lowest BCUT2D eigenvalue weighted by atomic mass is 9.88. The maximum Gasteiger partial charge on any atom is 0.416 e. The number of benzene rings is 3. The van der Waals surface area contributed by atoms with Gasteiger partial charge in [0.15, 0.2) is 0 Å². The zero-order valence-corrected chi connectivity index (χ0v) is 22.6. The molecule has 1 aliphatic heterocycles. The molecule has 1 atom stereocenters. The number of rotatable bonds is 6. The van der Waals surface area contributed by atoms with E-state index in [2.05, 4.69) is 0 Å². The highest BCUT2D eigenvalue weighted by Crippen LogP contribution is 2.43. The molecular formula is C29H23F10NO3. The molecule has 1 saturated heterocycles. The second-order valence-corrected chi connectivity index (χ2v) is 10.2. The van der Waals surface area contributed by atoms with Gasteiger partial charge in [-0.25, -0.2) is 9.18 Å². The number of methoxy groups -OCH3 is 1. The maximum absolute atomic E-state index is 14.1. The molecule has 0 aliphatic carbocycles. The summed E-state index contributed by atoms with van der Waals surface area (Å²) < 4.78 is 147. The number of alkyl halides is 9. The van der Waals surface area contributed by atoms with E-state index in [1.807, 2.05) is 0 Å². The van der Waals surface area contributed by atoms with Crippen molar-refractivity contribution in [2.45, 2.75) is 50.9 Å². The minimum Gasteiger partial charge on any atom is -0.496 e. The summed E-state index contributed by atoms with van der Waals surface area (Å²) in [7, 11) is 1.22. The smallest absolute Gasteiger partial charge is 0.416 e. The van der Waals surface area contributed by atoms with E-state index < -0.39 is 77.8 Å². The van der Waals surface area contributed by atoms with E-state index in [0.717, 1.165) is 23.1 Å². The van der Waals surface area contributed by atoms with E-state index in [4.69, 9.17) is 9.47 Å². The lowest BCUT2D eigenvalue weighted by Gasteiger charge is -2.23. The summed E-state index contributed by atoms with van der Waals surface area (Å²) in [4.78, 5) is 13.6. The Balaban J connectivity index is 1.80. The van der Waals surface area contributed by atoms with Gasteiger partial charge in [-0.05, 0) is 70.6 Å². The molecule has 232 valence electrons. The number of nitrogens with zero attached hydrogens (tertiary/aromatic N) is 1. The monoisotopic (exact) mass is 623 g/mol. The fourth-order valence-corrected chi connectivity index (χ4v) is 4.83. The number of carbonyl (C=O) groups is 1. The van der Waals surface area contributed by atoms with Crippen molar-refractivity contribution >= 4 is 6.09 Å². The number of carbonyl (C=O) groups excluding carboxylic acids is 1. The minimum absolute atomic E-state index is 0.0266. The summed E-state index contributed by atoms with van der Waals surface area (Å²) in [6.45, 7) is 1.92. The Labute approximate surface area is 238 Å². The van der Waals surface area contributed by atoms with Crippen molar-refractivity contribution < 1.29 is 58.2 Å². The summed E-state index contributed by atoms with van der Waals surface area (Å²) in [5, 5.41) is 0. The number of ether oxygens (including phenoxy) is 2. The van der Waals surface area contributed by atoms with Crippen molar-refractivity contribution in [3.63, 3.8) is 0 Å². The fourth-order valence-electron chi connectivity index (χ4n) is 4.83. The minimum atomic E-state index is -5.15. The SMILES string of the molecule is COc1cc(F)ccc1-c1cc(C(C)C)c(C(F)(F)F)cc1CN1CC(c2cc(C(F)(F)F)cc(C(F)(F)F)c2)OC1=O. The molecule has 0 radical (unpaired) electrons. The van der Waals surface area contributed by atoms with Gasteiger partial charge < -0.3 is 9.47 Å². The van der Waals surface area contributed by atoms with E-state index in [9.17, 15) is 48.7 Å². The average Bonchev–Trinajstić information content (AvgIpc) is 3.26. The average molecular weight is 623 g/mol. The molecule has 43 heavy (non-hydrogen) atoms. The summed E-state index contributed by atoms with van der Waals surface area (Å²) >= 11 is 0. The third-order valence-corrected chi connectivity index (χ3v) is 6.89. The molecule has 0 N–H and O–H groups in total. The molecule has 0 aromatic heterocycles. The maximum atomic E-state index is 14.1. The van der Waals surface area contributed by atoms with Gasteiger partial charge in [0, 0.05) is 18.2 Å². The van der Waals surface area contributed by atoms with Crippen LogP contribution in [0.25, 0.3) is 11.1 Å². The molecule has 1 amide bonds. The Hall–Kier alpha value is -3.97. The summed E-state index contributed by atoms with van der Waals surface area (Å²) in [6, 6.07) is 6.15. The van der Waals surface area contributed by atoms with Gasteiger partial charge in [0.2, 0.25) is 0 Å². The highest BCUT2D eigenvalue weighted by molar-refractivity contribution is 5.76. The Kier molecular flexibility index (Phi) is 8.37. The molecular weight excluding hydrogens is 600 g/mol. The molecule has 0 saturated carbocycles.